The summed E-state index contributed by atoms with van der Waals surface area (Å²) in [6, 6.07) is 2.56. The van der Waals surface area contributed by atoms with Crippen LogP contribution < -0.4 is 0 Å². The Hall–Kier alpha value is -0.270. The quantitative estimate of drug-likeness (QED) is 0.645. The van der Waals surface area contributed by atoms with E-state index in [1.54, 1.807) is 0 Å². The monoisotopic (exact) mass is 206 g/mol. The summed E-state index contributed by atoms with van der Waals surface area (Å²) >= 11 is 11.6. The molecule has 0 atom stereocenters. The van der Waals surface area contributed by atoms with E-state index >= 15 is 0 Å². The Morgan fingerprint density at radius 2 is 1.58 bits per heavy atom. The van der Waals surface area contributed by atoms with E-state index in [0.29, 0.717) is 10.0 Å². The molecule has 0 spiro atoms. The Labute approximate surface area is 81.3 Å². The molecule has 1 rings (SSSR count). The lowest BCUT2D eigenvalue weighted by Gasteiger charge is -2.09. The zero-order valence-electron chi connectivity index (χ0n) is 6.87. The van der Waals surface area contributed by atoms with Crippen LogP contribution in [0.3, 0.4) is 0 Å². The molecule has 0 aliphatic carbocycles. The fraction of sp³-hybridized carbons (Fsp3) is 0.333. The predicted molar refractivity (Wildman–Crippen MR) is 50.5 cm³/mol. The molecule has 0 aliphatic heterocycles. The zero-order chi connectivity index (χ0) is 9.30. The molecule has 1 aromatic rings. The fourth-order valence-corrected chi connectivity index (χ4v) is 2.00. The molecule has 0 nitrogen and oxygen atoms in total. The average Bonchev–Trinajstić information content (AvgIpc) is 1.82. The summed E-state index contributed by atoms with van der Waals surface area (Å²) in [6.07, 6.45) is 0. The van der Waals surface area contributed by atoms with Gasteiger partial charge in [0.2, 0.25) is 0 Å². The molecule has 0 saturated heterocycles. The highest BCUT2D eigenvalue weighted by Gasteiger charge is 2.11. The minimum absolute atomic E-state index is 0.214. The lowest BCUT2D eigenvalue weighted by atomic mass is 10.0. The van der Waals surface area contributed by atoms with Crippen LogP contribution >= 0.6 is 23.2 Å². The molecular formula is C9H9Cl2F. The first-order chi connectivity index (χ1) is 5.52. The van der Waals surface area contributed by atoms with Crippen LogP contribution in [-0.4, -0.2) is 0 Å². The van der Waals surface area contributed by atoms with Crippen LogP contribution in [0.1, 0.15) is 25.3 Å². The molecule has 1 aromatic carbocycles. The standard InChI is InChI=1S/C9H9Cl2F/c1-5(2)9-7(10)3-6(12)4-8(9)11/h3-5H,1-2H3. The van der Waals surface area contributed by atoms with Crippen molar-refractivity contribution in [3.8, 4) is 0 Å². The summed E-state index contributed by atoms with van der Waals surface area (Å²) in [5.74, 6) is -0.181. The van der Waals surface area contributed by atoms with Gasteiger partial charge in [-0.3, -0.25) is 0 Å². The van der Waals surface area contributed by atoms with E-state index in [2.05, 4.69) is 0 Å². The number of hydrogen-bond donors (Lipinski definition) is 0. The van der Waals surface area contributed by atoms with Crippen LogP contribution in [0.5, 0.6) is 0 Å². The number of halogens is 3. The highest BCUT2D eigenvalue weighted by Crippen LogP contribution is 2.31. The van der Waals surface area contributed by atoms with Gasteiger partial charge in [0.25, 0.3) is 0 Å². The molecule has 0 saturated carbocycles. The van der Waals surface area contributed by atoms with Crippen LogP contribution in [0.4, 0.5) is 4.39 Å². The molecular weight excluding hydrogens is 198 g/mol. The molecule has 0 N–H and O–H groups in total. The highest BCUT2D eigenvalue weighted by atomic mass is 35.5. The van der Waals surface area contributed by atoms with E-state index < -0.39 is 5.82 Å². The maximum absolute atomic E-state index is 12.7. The fourth-order valence-electron chi connectivity index (χ4n) is 1.10. The Kier molecular flexibility index (Phi) is 2.97. The third-order valence-corrected chi connectivity index (χ3v) is 2.25. The van der Waals surface area contributed by atoms with E-state index in [1.165, 1.54) is 12.1 Å². The smallest absolute Gasteiger partial charge is 0.126 e. The Morgan fingerprint density at radius 1 is 1.17 bits per heavy atom. The van der Waals surface area contributed by atoms with E-state index in [9.17, 15) is 4.39 Å². The van der Waals surface area contributed by atoms with Crippen molar-refractivity contribution < 1.29 is 4.39 Å². The van der Waals surface area contributed by atoms with Crippen LogP contribution in [0, 0.1) is 5.82 Å². The van der Waals surface area contributed by atoms with Gasteiger partial charge in [-0.05, 0) is 23.6 Å². The summed E-state index contributed by atoms with van der Waals surface area (Å²) in [7, 11) is 0. The highest BCUT2D eigenvalue weighted by molar-refractivity contribution is 6.36. The summed E-state index contributed by atoms with van der Waals surface area (Å²) in [6.45, 7) is 3.93. The predicted octanol–water partition coefficient (Wildman–Crippen LogP) is 4.26. The van der Waals surface area contributed by atoms with Gasteiger partial charge < -0.3 is 0 Å². The summed E-state index contributed by atoms with van der Waals surface area (Å²) < 4.78 is 12.7. The third kappa shape index (κ3) is 1.90. The maximum Gasteiger partial charge on any atom is 0.126 e. The van der Waals surface area contributed by atoms with E-state index in [0.717, 1.165) is 5.56 Å². The van der Waals surface area contributed by atoms with Gasteiger partial charge in [-0.2, -0.15) is 0 Å². The molecule has 0 unspecified atom stereocenters. The zero-order valence-corrected chi connectivity index (χ0v) is 8.38. The lowest BCUT2D eigenvalue weighted by molar-refractivity contribution is 0.626. The second-order valence-electron chi connectivity index (χ2n) is 2.94. The van der Waals surface area contributed by atoms with Crippen LogP contribution in [-0.2, 0) is 0 Å². The van der Waals surface area contributed by atoms with Crippen molar-refractivity contribution in [2.24, 2.45) is 0 Å². The topological polar surface area (TPSA) is 0 Å². The van der Waals surface area contributed by atoms with Crippen molar-refractivity contribution in [2.45, 2.75) is 19.8 Å². The summed E-state index contributed by atoms with van der Waals surface area (Å²) in [4.78, 5) is 0. The molecule has 0 aromatic heterocycles. The minimum Gasteiger partial charge on any atom is -0.207 e. The van der Waals surface area contributed by atoms with E-state index in [-0.39, 0.29) is 5.92 Å². The Bertz CT molecular complexity index is 272. The minimum atomic E-state index is -0.394. The summed E-state index contributed by atoms with van der Waals surface area (Å²) in [5, 5.41) is 0.796. The van der Waals surface area contributed by atoms with Crippen LogP contribution in [0.2, 0.25) is 10.0 Å². The molecule has 0 fully saturated rings. The second kappa shape index (κ2) is 3.63. The molecule has 0 aliphatic rings. The Morgan fingerprint density at radius 3 is 1.92 bits per heavy atom. The van der Waals surface area contributed by atoms with Gasteiger partial charge in [-0.1, -0.05) is 37.0 Å². The third-order valence-electron chi connectivity index (χ3n) is 1.62. The molecule has 3 heteroatoms. The van der Waals surface area contributed by atoms with Crippen LogP contribution in [0.25, 0.3) is 0 Å². The van der Waals surface area contributed by atoms with Crippen molar-refractivity contribution in [3.05, 3.63) is 33.6 Å². The first kappa shape index (κ1) is 9.82. The van der Waals surface area contributed by atoms with Crippen molar-refractivity contribution in [1.29, 1.82) is 0 Å². The number of benzene rings is 1. The van der Waals surface area contributed by atoms with Gasteiger partial charge in [0.1, 0.15) is 5.82 Å². The first-order valence-electron chi connectivity index (χ1n) is 3.67. The largest absolute Gasteiger partial charge is 0.207 e. The molecule has 0 radical (unpaired) electrons. The Balaban J connectivity index is 3.28. The van der Waals surface area contributed by atoms with Crippen molar-refractivity contribution in [3.63, 3.8) is 0 Å². The van der Waals surface area contributed by atoms with E-state index in [1.807, 2.05) is 13.8 Å². The van der Waals surface area contributed by atoms with Gasteiger partial charge in [0.05, 0.1) is 0 Å². The molecule has 0 amide bonds. The molecule has 0 heterocycles. The van der Waals surface area contributed by atoms with Gasteiger partial charge >= 0.3 is 0 Å². The number of rotatable bonds is 1. The molecule has 12 heavy (non-hydrogen) atoms. The normalized spacial score (nSPS) is 10.8. The van der Waals surface area contributed by atoms with Gasteiger partial charge in [-0.25, -0.2) is 4.39 Å². The average molecular weight is 207 g/mol. The van der Waals surface area contributed by atoms with Crippen molar-refractivity contribution in [1.82, 2.24) is 0 Å². The molecule has 0 bridgehead atoms. The second-order valence-corrected chi connectivity index (χ2v) is 3.75. The lowest BCUT2D eigenvalue weighted by Crippen LogP contribution is -1.91. The molecule has 66 valence electrons. The van der Waals surface area contributed by atoms with E-state index in [4.69, 9.17) is 23.2 Å². The SMILES string of the molecule is CC(C)c1c(Cl)cc(F)cc1Cl. The van der Waals surface area contributed by atoms with Crippen molar-refractivity contribution in [2.75, 3.05) is 0 Å². The summed E-state index contributed by atoms with van der Waals surface area (Å²) in [5.41, 5.74) is 0.805. The van der Waals surface area contributed by atoms with Crippen LogP contribution in [0.15, 0.2) is 12.1 Å². The van der Waals surface area contributed by atoms with Gasteiger partial charge in [0, 0.05) is 10.0 Å². The van der Waals surface area contributed by atoms with Crippen molar-refractivity contribution >= 4 is 23.2 Å². The van der Waals surface area contributed by atoms with Gasteiger partial charge in [-0.15, -0.1) is 0 Å². The first-order valence-corrected chi connectivity index (χ1v) is 4.42. The maximum atomic E-state index is 12.7. The van der Waals surface area contributed by atoms with Gasteiger partial charge in [0.15, 0.2) is 0 Å². The number of hydrogen-bond acceptors (Lipinski definition) is 0.